The quantitative estimate of drug-likeness (QED) is 0.855. The molecule has 104 valence electrons. The summed E-state index contributed by atoms with van der Waals surface area (Å²) < 4.78 is 1.88. The Bertz CT molecular complexity index is 496. The molecule has 1 fully saturated rings. The van der Waals surface area contributed by atoms with Crippen LogP contribution in [-0.2, 0) is 11.3 Å². The Kier molecular flexibility index (Phi) is 4.63. The first-order valence-corrected chi connectivity index (χ1v) is 7.81. The Hall–Kier alpha value is -0.460. The summed E-state index contributed by atoms with van der Waals surface area (Å²) in [5.74, 6) is -0.680. The van der Waals surface area contributed by atoms with Crippen molar-refractivity contribution in [2.45, 2.75) is 26.3 Å². The molecule has 1 aliphatic heterocycles. The normalized spacial score (nSPS) is 23.7. The van der Waals surface area contributed by atoms with Gasteiger partial charge >= 0.3 is 5.97 Å². The zero-order valence-electron chi connectivity index (χ0n) is 10.7. The number of carboxylic acid groups (broad SMARTS) is 1. The zero-order chi connectivity index (χ0) is 14.0. The van der Waals surface area contributed by atoms with Gasteiger partial charge in [0.1, 0.15) is 0 Å². The number of carbonyl (C=O) groups is 1. The number of carboxylic acids is 1. The van der Waals surface area contributed by atoms with E-state index in [1.54, 1.807) is 6.20 Å². The van der Waals surface area contributed by atoms with Crippen LogP contribution in [0.5, 0.6) is 0 Å². The predicted octanol–water partition coefficient (Wildman–Crippen LogP) is 3.29. The SMILES string of the molecule is CCC1(C(=O)O)CCN(Cc2ncc(Br)cc2Br)C1. The van der Waals surface area contributed by atoms with E-state index in [0.717, 1.165) is 21.2 Å². The standard InChI is InChI=1S/C13H16Br2N2O2/c1-2-13(12(18)19)3-4-17(8-13)7-11-10(15)5-9(14)6-16-11/h5-6H,2-4,7-8H2,1H3,(H,18,19). The summed E-state index contributed by atoms with van der Waals surface area (Å²) in [6.07, 6.45) is 3.15. The monoisotopic (exact) mass is 390 g/mol. The van der Waals surface area contributed by atoms with Crippen LogP contribution in [0.3, 0.4) is 0 Å². The first kappa shape index (κ1) is 14.9. The van der Waals surface area contributed by atoms with Crippen LogP contribution in [0.4, 0.5) is 0 Å². The first-order valence-electron chi connectivity index (χ1n) is 6.22. The molecule has 1 N–H and O–H groups in total. The average molecular weight is 392 g/mol. The van der Waals surface area contributed by atoms with E-state index in [9.17, 15) is 9.90 Å². The number of aliphatic carboxylic acids is 1. The minimum absolute atomic E-state index is 0.582. The van der Waals surface area contributed by atoms with Crippen molar-refractivity contribution in [3.05, 3.63) is 26.9 Å². The largest absolute Gasteiger partial charge is 0.481 e. The third kappa shape index (κ3) is 3.17. The molecule has 1 aromatic heterocycles. The third-order valence-corrected chi connectivity index (χ3v) is 4.94. The fraction of sp³-hybridized carbons (Fsp3) is 0.538. The highest BCUT2D eigenvalue weighted by Gasteiger charge is 2.43. The summed E-state index contributed by atoms with van der Waals surface area (Å²) in [6.45, 7) is 4.04. The van der Waals surface area contributed by atoms with Crippen molar-refractivity contribution in [3.63, 3.8) is 0 Å². The van der Waals surface area contributed by atoms with Crippen LogP contribution in [-0.4, -0.2) is 34.0 Å². The number of likely N-dealkylation sites (tertiary alicyclic amines) is 1. The third-order valence-electron chi connectivity index (χ3n) is 3.82. The van der Waals surface area contributed by atoms with E-state index in [-0.39, 0.29) is 0 Å². The summed E-state index contributed by atoms with van der Waals surface area (Å²) in [4.78, 5) is 17.9. The molecule has 0 aromatic carbocycles. The number of hydrogen-bond donors (Lipinski definition) is 1. The van der Waals surface area contributed by atoms with Gasteiger partial charge in [-0.05, 0) is 57.3 Å². The van der Waals surface area contributed by atoms with Gasteiger partial charge in [0.15, 0.2) is 0 Å². The fourth-order valence-corrected chi connectivity index (χ4v) is 3.59. The Balaban J connectivity index is 2.08. The number of halogens is 2. The number of nitrogens with zero attached hydrogens (tertiary/aromatic N) is 2. The molecule has 1 atom stereocenters. The lowest BCUT2D eigenvalue weighted by Gasteiger charge is -2.23. The second kappa shape index (κ2) is 5.89. The van der Waals surface area contributed by atoms with Gasteiger partial charge in [0.2, 0.25) is 0 Å². The molecule has 1 saturated heterocycles. The molecule has 0 spiro atoms. The minimum atomic E-state index is -0.680. The second-order valence-corrected chi connectivity index (χ2v) is 6.75. The Labute approximate surface area is 129 Å². The van der Waals surface area contributed by atoms with Gasteiger partial charge in [-0.3, -0.25) is 14.7 Å². The highest BCUT2D eigenvalue weighted by atomic mass is 79.9. The molecule has 19 heavy (non-hydrogen) atoms. The lowest BCUT2D eigenvalue weighted by atomic mass is 9.84. The van der Waals surface area contributed by atoms with Crippen molar-refractivity contribution in [2.24, 2.45) is 5.41 Å². The summed E-state index contributed by atoms with van der Waals surface area (Å²) in [7, 11) is 0. The number of hydrogen-bond acceptors (Lipinski definition) is 3. The Morgan fingerprint density at radius 2 is 2.32 bits per heavy atom. The van der Waals surface area contributed by atoms with Gasteiger partial charge in [-0.1, -0.05) is 6.92 Å². The average Bonchev–Trinajstić information content (AvgIpc) is 2.77. The van der Waals surface area contributed by atoms with Gasteiger partial charge < -0.3 is 5.11 Å². The van der Waals surface area contributed by atoms with Crippen molar-refractivity contribution < 1.29 is 9.90 Å². The zero-order valence-corrected chi connectivity index (χ0v) is 13.9. The highest BCUT2D eigenvalue weighted by molar-refractivity contribution is 9.11. The molecule has 0 amide bonds. The van der Waals surface area contributed by atoms with Crippen LogP contribution in [0, 0.1) is 5.41 Å². The van der Waals surface area contributed by atoms with Gasteiger partial charge in [-0.25, -0.2) is 0 Å². The van der Waals surface area contributed by atoms with Crippen LogP contribution in [0.25, 0.3) is 0 Å². The molecule has 1 aliphatic rings. The molecule has 4 nitrogen and oxygen atoms in total. The van der Waals surface area contributed by atoms with Gasteiger partial charge in [-0.15, -0.1) is 0 Å². The molecule has 1 aromatic rings. The molecular formula is C13H16Br2N2O2. The van der Waals surface area contributed by atoms with Crippen LogP contribution in [0.15, 0.2) is 21.2 Å². The maximum atomic E-state index is 11.4. The molecule has 0 radical (unpaired) electrons. The van der Waals surface area contributed by atoms with E-state index >= 15 is 0 Å². The van der Waals surface area contributed by atoms with Crippen molar-refractivity contribution in [2.75, 3.05) is 13.1 Å². The molecule has 1 unspecified atom stereocenters. The van der Waals surface area contributed by atoms with Gasteiger partial charge in [0.25, 0.3) is 0 Å². The molecule has 2 rings (SSSR count). The van der Waals surface area contributed by atoms with Crippen molar-refractivity contribution >= 4 is 37.8 Å². The summed E-state index contributed by atoms with van der Waals surface area (Å²) >= 11 is 6.87. The second-order valence-electron chi connectivity index (χ2n) is 4.98. The summed E-state index contributed by atoms with van der Waals surface area (Å²) in [5.41, 5.74) is 0.363. The number of pyridine rings is 1. The van der Waals surface area contributed by atoms with Crippen molar-refractivity contribution in [3.8, 4) is 0 Å². The van der Waals surface area contributed by atoms with E-state index in [1.165, 1.54) is 0 Å². The van der Waals surface area contributed by atoms with E-state index in [1.807, 2.05) is 13.0 Å². The first-order chi connectivity index (χ1) is 8.97. The minimum Gasteiger partial charge on any atom is -0.481 e. The number of rotatable bonds is 4. The van der Waals surface area contributed by atoms with E-state index in [2.05, 4.69) is 41.7 Å². The van der Waals surface area contributed by atoms with Crippen molar-refractivity contribution in [1.29, 1.82) is 0 Å². The van der Waals surface area contributed by atoms with Crippen LogP contribution in [0.1, 0.15) is 25.5 Å². The lowest BCUT2D eigenvalue weighted by Crippen LogP contribution is -2.34. The maximum absolute atomic E-state index is 11.4. The van der Waals surface area contributed by atoms with Gasteiger partial charge in [0.05, 0.1) is 11.1 Å². The lowest BCUT2D eigenvalue weighted by molar-refractivity contribution is -0.148. The van der Waals surface area contributed by atoms with E-state index in [4.69, 9.17) is 0 Å². The predicted molar refractivity (Wildman–Crippen MR) is 79.9 cm³/mol. The van der Waals surface area contributed by atoms with E-state index in [0.29, 0.717) is 25.9 Å². The summed E-state index contributed by atoms with van der Waals surface area (Å²) in [5, 5.41) is 9.38. The smallest absolute Gasteiger partial charge is 0.310 e. The highest BCUT2D eigenvalue weighted by Crippen LogP contribution is 2.35. The topological polar surface area (TPSA) is 53.4 Å². The van der Waals surface area contributed by atoms with Crippen LogP contribution in [0.2, 0.25) is 0 Å². The fourth-order valence-electron chi connectivity index (χ4n) is 2.48. The Morgan fingerprint density at radius 3 is 2.84 bits per heavy atom. The molecular weight excluding hydrogens is 376 g/mol. The van der Waals surface area contributed by atoms with Crippen LogP contribution >= 0.6 is 31.9 Å². The Morgan fingerprint density at radius 1 is 1.58 bits per heavy atom. The number of aromatic nitrogens is 1. The molecule has 2 heterocycles. The molecule has 0 bridgehead atoms. The van der Waals surface area contributed by atoms with Crippen LogP contribution < -0.4 is 0 Å². The molecule has 0 saturated carbocycles. The summed E-state index contributed by atoms with van der Waals surface area (Å²) in [6, 6.07) is 1.96. The van der Waals surface area contributed by atoms with E-state index < -0.39 is 11.4 Å². The maximum Gasteiger partial charge on any atom is 0.310 e. The van der Waals surface area contributed by atoms with Gasteiger partial charge in [-0.2, -0.15) is 0 Å². The van der Waals surface area contributed by atoms with Crippen molar-refractivity contribution in [1.82, 2.24) is 9.88 Å². The molecule has 6 heteroatoms. The molecule has 0 aliphatic carbocycles. The van der Waals surface area contributed by atoms with Gasteiger partial charge in [0, 0.05) is 28.2 Å².